The maximum absolute atomic E-state index is 5.42. The molecule has 16 heavy (non-hydrogen) atoms. The summed E-state index contributed by atoms with van der Waals surface area (Å²) in [4.78, 5) is 2.52. The third-order valence-electron chi connectivity index (χ3n) is 3.90. The number of nitrogens with one attached hydrogen (secondary N) is 1. The van der Waals surface area contributed by atoms with Crippen LogP contribution in [0.4, 0.5) is 0 Å². The fraction of sp³-hybridized carbons (Fsp3) is 1.00. The van der Waals surface area contributed by atoms with Gasteiger partial charge in [-0.2, -0.15) is 0 Å². The molecule has 0 amide bonds. The zero-order valence-corrected chi connectivity index (χ0v) is 11.3. The van der Waals surface area contributed by atoms with E-state index < -0.39 is 0 Å². The van der Waals surface area contributed by atoms with Crippen LogP contribution in [0.25, 0.3) is 0 Å². The van der Waals surface area contributed by atoms with Gasteiger partial charge in [0.2, 0.25) is 0 Å². The third kappa shape index (κ3) is 4.04. The van der Waals surface area contributed by atoms with Gasteiger partial charge in [-0.3, -0.25) is 4.90 Å². The van der Waals surface area contributed by atoms with Gasteiger partial charge in [0.1, 0.15) is 0 Å². The highest BCUT2D eigenvalue weighted by atomic mass is 16.5. The number of likely N-dealkylation sites (N-methyl/N-ethyl adjacent to an activating group) is 1. The van der Waals surface area contributed by atoms with Gasteiger partial charge in [0.15, 0.2) is 0 Å². The molecule has 0 aromatic rings. The highest BCUT2D eigenvalue weighted by molar-refractivity contribution is 4.80. The normalized spacial score (nSPS) is 25.7. The molecule has 1 heterocycles. The molecule has 0 radical (unpaired) electrons. The summed E-state index contributed by atoms with van der Waals surface area (Å²) >= 11 is 0. The first-order chi connectivity index (χ1) is 7.69. The van der Waals surface area contributed by atoms with Crippen molar-refractivity contribution in [2.45, 2.75) is 58.2 Å². The van der Waals surface area contributed by atoms with Gasteiger partial charge in [0, 0.05) is 25.7 Å². The Labute approximate surface area is 101 Å². The van der Waals surface area contributed by atoms with Crippen molar-refractivity contribution in [3.63, 3.8) is 0 Å². The van der Waals surface area contributed by atoms with Crippen LogP contribution < -0.4 is 5.32 Å². The molecule has 3 heteroatoms. The minimum Gasteiger partial charge on any atom is -0.380 e. The second-order valence-corrected chi connectivity index (χ2v) is 4.92. The van der Waals surface area contributed by atoms with Gasteiger partial charge in [0.05, 0.1) is 6.10 Å². The average Bonchev–Trinajstić information content (AvgIpc) is 2.35. The van der Waals surface area contributed by atoms with E-state index in [0.717, 1.165) is 13.1 Å². The van der Waals surface area contributed by atoms with Crippen LogP contribution in [-0.4, -0.2) is 49.8 Å². The maximum atomic E-state index is 5.42. The fourth-order valence-corrected chi connectivity index (χ4v) is 2.44. The van der Waals surface area contributed by atoms with Gasteiger partial charge in [-0.25, -0.2) is 0 Å². The summed E-state index contributed by atoms with van der Waals surface area (Å²) < 4.78 is 5.42. The molecule has 0 spiro atoms. The molecule has 3 atom stereocenters. The summed E-state index contributed by atoms with van der Waals surface area (Å²) in [6, 6.07) is 1.18. The molecule has 1 fully saturated rings. The smallest absolute Gasteiger partial charge is 0.0695 e. The molecule has 3 unspecified atom stereocenters. The number of hydrogen-bond donors (Lipinski definition) is 1. The lowest BCUT2D eigenvalue weighted by Crippen LogP contribution is -2.49. The number of methoxy groups -OCH3 is 1. The van der Waals surface area contributed by atoms with Crippen molar-refractivity contribution in [3.05, 3.63) is 0 Å². The Morgan fingerprint density at radius 3 is 2.62 bits per heavy atom. The molecule has 1 N–H and O–H groups in total. The Bertz CT molecular complexity index is 181. The summed E-state index contributed by atoms with van der Waals surface area (Å²) in [5.41, 5.74) is 0. The molecule has 0 bridgehead atoms. The maximum Gasteiger partial charge on any atom is 0.0695 e. The van der Waals surface area contributed by atoms with Gasteiger partial charge in [-0.15, -0.1) is 0 Å². The minimum absolute atomic E-state index is 0.309. The number of nitrogens with zero attached hydrogens (tertiary/aromatic N) is 1. The van der Waals surface area contributed by atoms with Gasteiger partial charge in [0.25, 0.3) is 0 Å². The van der Waals surface area contributed by atoms with Crippen molar-refractivity contribution < 1.29 is 4.74 Å². The van der Waals surface area contributed by atoms with Crippen LogP contribution >= 0.6 is 0 Å². The lowest BCUT2D eigenvalue weighted by Gasteiger charge is -2.35. The first kappa shape index (κ1) is 13.9. The van der Waals surface area contributed by atoms with Crippen molar-refractivity contribution in [1.82, 2.24) is 10.2 Å². The SMILES string of the molecule is CCN(CC1CCCCN1)C(C)C(C)OC. The van der Waals surface area contributed by atoms with Crippen LogP contribution in [0.15, 0.2) is 0 Å². The van der Waals surface area contributed by atoms with E-state index in [0.29, 0.717) is 18.2 Å². The average molecular weight is 228 g/mol. The molecule has 0 saturated carbocycles. The third-order valence-corrected chi connectivity index (χ3v) is 3.90. The van der Waals surface area contributed by atoms with Gasteiger partial charge < -0.3 is 10.1 Å². The standard InChI is InChI=1S/C13H28N2O/c1-5-15(11(2)12(3)16-4)10-13-8-6-7-9-14-13/h11-14H,5-10H2,1-4H3. The summed E-state index contributed by atoms with van der Waals surface area (Å²) in [5.74, 6) is 0. The van der Waals surface area contributed by atoms with E-state index in [2.05, 4.69) is 31.0 Å². The Kier molecular flexibility index (Phi) is 6.32. The molecular weight excluding hydrogens is 200 g/mol. The molecule has 1 aliphatic rings. The van der Waals surface area contributed by atoms with Crippen molar-refractivity contribution >= 4 is 0 Å². The van der Waals surface area contributed by atoms with Crippen LogP contribution in [0.2, 0.25) is 0 Å². The number of hydrogen-bond acceptors (Lipinski definition) is 3. The zero-order valence-electron chi connectivity index (χ0n) is 11.3. The summed E-state index contributed by atoms with van der Waals surface area (Å²) in [7, 11) is 1.80. The van der Waals surface area contributed by atoms with E-state index >= 15 is 0 Å². The van der Waals surface area contributed by atoms with Gasteiger partial charge in [-0.1, -0.05) is 13.3 Å². The van der Waals surface area contributed by atoms with Crippen molar-refractivity contribution in [1.29, 1.82) is 0 Å². The molecule has 0 aliphatic carbocycles. The highest BCUT2D eigenvalue weighted by Gasteiger charge is 2.22. The predicted molar refractivity (Wildman–Crippen MR) is 68.8 cm³/mol. The van der Waals surface area contributed by atoms with Gasteiger partial charge in [-0.05, 0) is 39.8 Å². The van der Waals surface area contributed by atoms with Crippen molar-refractivity contribution in [3.8, 4) is 0 Å². The molecule has 0 aromatic heterocycles. The monoisotopic (exact) mass is 228 g/mol. The topological polar surface area (TPSA) is 24.5 Å². The largest absolute Gasteiger partial charge is 0.380 e. The van der Waals surface area contributed by atoms with Crippen LogP contribution in [-0.2, 0) is 4.74 Å². The molecular formula is C13H28N2O. The Morgan fingerprint density at radius 2 is 2.12 bits per heavy atom. The second kappa shape index (κ2) is 7.25. The molecule has 1 saturated heterocycles. The lowest BCUT2D eigenvalue weighted by molar-refractivity contribution is 0.0303. The minimum atomic E-state index is 0.309. The van der Waals surface area contributed by atoms with Crippen LogP contribution in [0.3, 0.4) is 0 Å². The molecule has 3 nitrogen and oxygen atoms in total. The Morgan fingerprint density at radius 1 is 1.38 bits per heavy atom. The Hall–Kier alpha value is -0.120. The van der Waals surface area contributed by atoms with E-state index in [1.54, 1.807) is 7.11 Å². The van der Waals surface area contributed by atoms with Crippen LogP contribution in [0.1, 0.15) is 40.0 Å². The van der Waals surface area contributed by atoms with E-state index in [9.17, 15) is 0 Å². The van der Waals surface area contributed by atoms with E-state index in [1.807, 2.05) is 0 Å². The zero-order chi connectivity index (χ0) is 12.0. The van der Waals surface area contributed by atoms with Crippen molar-refractivity contribution in [2.75, 3.05) is 26.7 Å². The summed E-state index contributed by atoms with van der Waals surface area (Å²) in [6.07, 6.45) is 4.35. The predicted octanol–water partition coefficient (Wildman–Crippen LogP) is 1.87. The first-order valence-corrected chi connectivity index (χ1v) is 6.69. The van der Waals surface area contributed by atoms with Crippen molar-refractivity contribution in [2.24, 2.45) is 0 Å². The van der Waals surface area contributed by atoms with Crippen LogP contribution in [0, 0.1) is 0 Å². The summed E-state index contributed by atoms with van der Waals surface area (Å²) in [5, 5.41) is 3.61. The number of ether oxygens (including phenoxy) is 1. The van der Waals surface area contributed by atoms with Crippen LogP contribution in [0.5, 0.6) is 0 Å². The Balaban J connectivity index is 2.40. The molecule has 1 aliphatic heterocycles. The summed E-state index contributed by atoms with van der Waals surface area (Å²) in [6.45, 7) is 10.1. The lowest BCUT2D eigenvalue weighted by atomic mass is 10.0. The molecule has 1 rings (SSSR count). The van der Waals surface area contributed by atoms with E-state index in [-0.39, 0.29) is 0 Å². The highest BCUT2D eigenvalue weighted by Crippen LogP contribution is 2.12. The van der Waals surface area contributed by atoms with Gasteiger partial charge >= 0.3 is 0 Å². The first-order valence-electron chi connectivity index (χ1n) is 6.69. The van der Waals surface area contributed by atoms with E-state index in [1.165, 1.54) is 25.8 Å². The molecule has 96 valence electrons. The van der Waals surface area contributed by atoms with E-state index in [4.69, 9.17) is 4.74 Å². The number of piperidine rings is 1. The quantitative estimate of drug-likeness (QED) is 0.751. The number of rotatable bonds is 6. The molecule has 0 aromatic carbocycles. The fourth-order valence-electron chi connectivity index (χ4n) is 2.44. The second-order valence-electron chi connectivity index (χ2n) is 4.92.